The lowest BCUT2D eigenvalue weighted by Gasteiger charge is -2.31. The fraction of sp³-hybridized carbons (Fsp3) is 0.647. The van der Waals surface area contributed by atoms with E-state index in [9.17, 15) is 9.59 Å². The third-order valence-electron chi connectivity index (χ3n) is 3.92. The highest BCUT2D eigenvalue weighted by Crippen LogP contribution is 2.14. The van der Waals surface area contributed by atoms with Crippen molar-refractivity contribution in [3.05, 3.63) is 22.4 Å². The van der Waals surface area contributed by atoms with Gasteiger partial charge in [0.2, 0.25) is 11.8 Å². The number of carbonyl (C=O) groups is 2. The fourth-order valence-corrected chi connectivity index (χ4v) is 3.55. The Balaban J connectivity index is 1.95. The summed E-state index contributed by atoms with van der Waals surface area (Å²) in [4.78, 5) is 27.9. The van der Waals surface area contributed by atoms with Crippen molar-refractivity contribution in [2.75, 3.05) is 13.1 Å². The van der Waals surface area contributed by atoms with Crippen molar-refractivity contribution in [2.45, 2.75) is 52.0 Å². The van der Waals surface area contributed by atoms with Crippen LogP contribution in [0, 0.1) is 5.92 Å². The summed E-state index contributed by atoms with van der Waals surface area (Å²) >= 11 is 1.57. The lowest BCUT2D eigenvalue weighted by molar-refractivity contribution is -0.137. The second kappa shape index (κ2) is 8.32. The van der Waals surface area contributed by atoms with E-state index in [-0.39, 0.29) is 17.9 Å². The molecule has 0 aliphatic carbocycles. The van der Waals surface area contributed by atoms with Crippen LogP contribution in [0.5, 0.6) is 0 Å². The van der Waals surface area contributed by atoms with E-state index in [1.54, 1.807) is 11.3 Å². The highest BCUT2D eigenvalue weighted by atomic mass is 32.1. The first kappa shape index (κ1) is 17.0. The highest BCUT2D eigenvalue weighted by molar-refractivity contribution is 7.10. The minimum absolute atomic E-state index is 0.0570. The molecule has 1 atom stereocenters. The first-order valence-electron chi connectivity index (χ1n) is 8.17. The Morgan fingerprint density at radius 3 is 2.59 bits per heavy atom. The molecule has 0 spiro atoms. The Hall–Kier alpha value is -1.36. The molecule has 1 saturated heterocycles. The summed E-state index contributed by atoms with van der Waals surface area (Å²) in [7, 11) is 0. The maximum absolute atomic E-state index is 12.7. The Bertz CT molecular complexity index is 479. The molecule has 0 saturated carbocycles. The molecule has 4 nitrogen and oxygen atoms in total. The number of hydrogen-bond acceptors (Lipinski definition) is 3. The van der Waals surface area contributed by atoms with Gasteiger partial charge in [-0.2, -0.15) is 0 Å². The second-order valence-corrected chi connectivity index (χ2v) is 7.42. The van der Waals surface area contributed by atoms with Crippen LogP contribution in [0.1, 0.15) is 44.4 Å². The summed E-state index contributed by atoms with van der Waals surface area (Å²) in [6.07, 6.45) is 4.40. The van der Waals surface area contributed by atoms with Crippen LogP contribution in [0.3, 0.4) is 0 Å². The lowest BCUT2D eigenvalue weighted by Crippen LogP contribution is -2.50. The predicted octanol–water partition coefficient (Wildman–Crippen LogP) is 2.83. The molecule has 0 radical (unpaired) electrons. The molecular formula is C17H26N2O2S. The maximum Gasteiger partial charge on any atom is 0.245 e. The smallest absolute Gasteiger partial charge is 0.245 e. The third kappa shape index (κ3) is 5.13. The molecule has 0 unspecified atom stereocenters. The van der Waals surface area contributed by atoms with E-state index in [1.807, 2.05) is 22.4 Å². The Kier molecular flexibility index (Phi) is 6.43. The van der Waals surface area contributed by atoms with Gasteiger partial charge in [-0.15, -0.1) is 11.3 Å². The van der Waals surface area contributed by atoms with Crippen LogP contribution in [0.2, 0.25) is 0 Å². The molecule has 2 rings (SSSR count). The van der Waals surface area contributed by atoms with E-state index in [2.05, 4.69) is 19.2 Å². The zero-order valence-electron chi connectivity index (χ0n) is 13.5. The molecule has 1 aliphatic heterocycles. The first-order chi connectivity index (χ1) is 10.6. The number of likely N-dealkylation sites (tertiary alicyclic amines) is 1. The van der Waals surface area contributed by atoms with Crippen molar-refractivity contribution < 1.29 is 9.59 Å². The number of thiophene rings is 1. The van der Waals surface area contributed by atoms with E-state index in [4.69, 9.17) is 0 Å². The number of hydrogen-bond donors (Lipinski definition) is 1. The summed E-state index contributed by atoms with van der Waals surface area (Å²) in [5.41, 5.74) is 0. The van der Waals surface area contributed by atoms with Crippen molar-refractivity contribution in [3.63, 3.8) is 0 Å². The van der Waals surface area contributed by atoms with Crippen molar-refractivity contribution in [2.24, 2.45) is 5.92 Å². The lowest BCUT2D eigenvalue weighted by atomic mass is 10.0. The Labute approximate surface area is 136 Å². The van der Waals surface area contributed by atoms with E-state index in [1.165, 1.54) is 6.42 Å². The van der Waals surface area contributed by atoms with E-state index in [0.29, 0.717) is 18.8 Å². The van der Waals surface area contributed by atoms with Gasteiger partial charge in [-0.05, 0) is 43.0 Å². The number of rotatable bonds is 6. The summed E-state index contributed by atoms with van der Waals surface area (Å²) in [5, 5.41) is 4.93. The maximum atomic E-state index is 12.7. The van der Waals surface area contributed by atoms with Gasteiger partial charge in [0.05, 0.1) is 6.42 Å². The van der Waals surface area contributed by atoms with Crippen molar-refractivity contribution in [3.8, 4) is 0 Å². The quantitative estimate of drug-likeness (QED) is 0.875. The van der Waals surface area contributed by atoms with E-state index in [0.717, 1.165) is 30.8 Å². The van der Waals surface area contributed by atoms with Crippen LogP contribution >= 0.6 is 11.3 Å². The van der Waals surface area contributed by atoms with Gasteiger partial charge in [-0.3, -0.25) is 9.59 Å². The molecule has 0 bridgehead atoms. The molecule has 1 aliphatic rings. The van der Waals surface area contributed by atoms with Crippen molar-refractivity contribution >= 4 is 23.2 Å². The zero-order valence-corrected chi connectivity index (χ0v) is 14.3. The monoisotopic (exact) mass is 322 g/mol. The average molecular weight is 322 g/mol. The van der Waals surface area contributed by atoms with Crippen LogP contribution in [0.4, 0.5) is 0 Å². The molecule has 1 aromatic rings. The van der Waals surface area contributed by atoms with Crippen LogP contribution in [0.25, 0.3) is 0 Å². The number of carbonyl (C=O) groups excluding carboxylic acids is 2. The summed E-state index contributed by atoms with van der Waals surface area (Å²) in [6, 6.07) is 3.51. The molecule has 1 N–H and O–H groups in total. The topological polar surface area (TPSA) is 49.4 Å². The molecule has 5 heteroatoms. The molecule has 0 aromatic carbocycles. The fourth-order valence-electron chi connectivity index (χ4n) is 2.84. The summed E-state index contributed by atoms with van der Waals surface area (Å²) in [6.45, 7) is 5.83. The minimum atomic E-state index is -0.384. The van der Waals surface area contributed by atoms with Gasteiger partial charge in [0.25, 0.3) is 0 Å². The third-order valence-corrected chi connectivity index (χ3v) is 4.80. The number of nitrogens with one attached hydrogen (secondary N) is 1. The number of nitrogens with zero attached hydrogens (tertiary/aromatic N) is 1. The first-order valence-corrected chi connectivity index (χ1v) is 9.04. The van der Waals surface area contributed by atoms with Crippen molar-refractivity contribution in [1.29, 1.82) is 0 Å². The van der Waals surface area contributed by atoms with Crippen LogP contribution in [0.15, 0.2) is 17.5 Å². The molecule has 1 fully saturated rings. The Morgan fingerprint density at radius 1 is 1.27 bits per heavy atom. The average Bonchev–Trinajstić information content (AvgIpc) is 2.99. The van der Waals surface area contributed by atoms with Gasteiger partial charge >= 0.3 is 0 Å². The highest BCUT2D eigenvalue weighted by Gasteiger charge is 2.27. The van der Waals surface area contributed by atoms with Gasteiger partial charge in [0.1, 0.15) is 6.04 Å². The molecule has 2 heterocycles. The molecule has 2 amide bonds. The normalized spacial score (nSPS) is 16.6. The van der Waals surface area contributed by atoms with Crippen LogP contribution < -0.4 is 5.32 Å². The van der Waals surface area contributed by atoms with Crippen molar-refractivity contribution in [1.82, 2.24) is 10.2 Å². The molecule has 22 heavy (non-hydrogen) atoms. The summed E-state index contributed by atoms with van der Waals surface area (Å²) in [5.74, 6) is 0.409. The van der Waals surface area contributed by atoms with E-state index >= 15 is 0 Å². The molecule has 1 aromatic heterocycles. The predicted molar refractivity (Wildman–Crippen MR) is 89.8 cm³/mol. The van der Waals surface area contributed by atoms with Gasteiger partial charge < -0.3 is 10.2 Å². The summed E-state index contributed by atoms with van der Waals surface area (Å²) < 4.78 is 0. The van der Waals surface area contributed by atoms with Gasteiger partial charge in [0, 0.05) is 18.0 Å². The Morgan fingerprint density at radius 2 is 2.00 bits per heavy atom. The zero-order chi connectivity index (χ0) is 15.9. The van der Waals surface area contributed by atoms with Crippen LogP contribution in [-0.2, 0) is 16.0 Å². The number of piperidine rings is 1. The molecule has 122 valence electrons. The standard InChI is InChI=1S/C17H26N2O2S/c1-13(2)11-15(17(21)19-8-4-3-5-9-19)18-16(20)12-14-7-6-10-22-14/h6-7,10,13,15H,3-5,8-9,11-12H2,1-2H3,(H,18,20)/t15-/m1/s1. The van der Waals surface area contributed by atoms with Gasteiger partial charge in [-0.1, -0.05) is 19.9 Å². The SMILES string of the molecule is CC(C)C[C@@H](NC(=O)Cc1cccs1)C(=O)N1CCCCC1. The van der Waals surface area contributed by atoms with Gasteiger partial charge in [0.15, 0.2) is 0 Å². The second-order valence-electron chi connectivity index (χ2n) is 6.39. The van der Waals surface area contributed by atoms with Crippen LogP contribution in [-0.4, -0.2) is 35.8 Å². The van der Waals surface area contributed by atoms with Gasteiger partial charge in [-0.25, -0.2) is 0 Å². The number of amides is 2. The molecular weight excluding hydrogens is 296 g/mol. The largest absolute Gasteiger partial charge is 0.344 e. The minimum Gasteiger partial charge on any atom is -0.344 e. The van der Waals surface area contributed by atoms with E-state index < -0.39 is 0 Å².